The first-order valence-electron chi connectivity index (χ1n) is 5.89. The molecule has 20 heavy (non-hydrogen) atoms. The molecule has 0 bridgehead atoms. The molecule has 2 aromatic rings. The summed E-state index contributed by atoms with van der Waals surface area (Å²) in [5.41, 5.74) is 1.28. The standard InChI is InChI=1S/C15H12F3NO/c1-9-4-3-5-11(6-9)19(2)15(20)10-7-12(16)14(18)13(17)8-10/h3-8H,1-2H3. The van der Waals surface area contributed by atoms with Gasteiger partial charge in [-0.15, -0.1) is 0 Å². The number of hydrogen-bond donors (Lipinski definition) is 0. The molecule has 0 radical (unpaired) electrons. The number of hydrogen-bond acceptors (Lipinski definition) is 1. The van der Waals surface area contributed by atoms with Crippen LogP contribution in [0, 0.1) is 24.4 Å². The van der Waals surface area contributed by atoms with Gasteiger partial charge < -0.3 is 4.90 Å². The minimum Gasteiger partial charge on any atom is -0.311 e. The van der Waals surface area contributed by atoms with E-state index in [9.17, 15) is 18.0 Å². The van der Waals surface area contributed by atoms with Gasteiger partial charge >= 0.3 is 0 Å². The van der Waals surface area contributed by atoms with Gasteiger partial charge in [0.05, 0.1) is 0 Å². The summed E-state index contributed by atoms with van der Waals surface area (Å²) in [6.07, 6.45) is 0. The minimum atomic E-state index is -1.58. The lowest BCUT2D eigenvalue weighted by atomic mass is 10.1. The number of nitrogens with zero attached hydrogens (tertiary/aromatic N) is 1. The smallest absolute Gasteiger partial charge is 0.258 e. The van der Waals surface area contributed by atoms with Crippen molar-refractivity contribution in [2.45, 2.75) is 6.92 Å². The summed E-state index contributed by atoms with van der Waals surface area (Å²) in [4.78, 5) is 13.4. The maximum atomic E-state index is 13.1. The van der Waals surface area contributed by atoms with E-state index in [1.165, 1.54) is 11.9 Å². The Hall–Kier alpha value is -2.30. The van der Waals surface area contributed by atoms with E-state index in [-0.39, 0.29) is 5.56 Å². The molecule has 0 saturated heterocycles. The van der Waals surface area contributed by atoms with Gasteiger partial charge in [0, 0.05) is 18.3 Å². The van der Waals surface area contributed by atoms with E-state index >= 15 is 0 Å². The van der Waals surface area contributed by atoms with Gasteiger partial charge in [0.15, 0.2) is 17.5 Å². The lowest BCUT2D eigenvalue weighted by Crippen LogP contribution is -2.26. The summed E-state index contributed by atoms with van der Waals surface area (Å²) in [5, 5.41) is 0. The quantitative estimate of drug-likeness (QED) is 0.768. The molecule has 0 N–H and O–H groups in total. The predicted octanol–water partition coefficient (Wildman–Crippen LogP) is 3.69. The molecule has 104 valence electrons. The Bertz CT molecular complexity index is 647. The molecule has 0 atom stereocenters. The van der Waals surface area contributed by atoms with Crippen molar-refractivity contribution in [2.24, 2.45) is 0 Å². The number of carbonyl (C=O) groups is 1. The van der Waals surface area contributed by atoms with Crippen molar-refractivity contribution in [3.63, 3.8) is 0 Å². The fraction of sp³-hybridized carbons (Fsp3) is 0.133. The van der Waals surface area contributed by atoms with Gasteiger partial charge in [0.1, 0.15) is 0 Å². The van der Waals surface area contributed by atoms with E-state index in [2.05, 4.69) is 0 Å². The molecule has 0 aliphatic heterocycles. The van der Waals surface area contributed by atoms with Crippen LogP contribution in [0.25, 0.3) is 0 Å². The number of amides is 1. The van der Waals surface area contributed by atoms with Gasteiger partial charge in [-0.1, -0.05) is 12.1 Å². The van der Waals surface area contributed by atoms with Crippen LogP contribution < -0.4 is 4.90 Å². The molecule has 2 nitrogen and oxygen atoms in total. The van der Waals surface area contributed by atoms with E-state index in [0.29, 0.717) is 17.8 Å². The highest BCUT2D eigenvalue weighted by molar-refractivity contribution is 6.05. The topological polar surface area (TPSA) is 20.3 Å². The normalized spacial score (nSPS) is 10.4. The van der Waals surface area contributed by atoms with Crippen molar-refractivity contribution >= 4 is 11.6 Å². The van der Waals surface area contributed by atoms with Crippen molar-refractivity contribution in [2.75, 3.05) is 11.9 Å². The summed E-state index contributed by atoms with van der Waals surface area (Å²) in [6.45, 7) is 1.86. The molecule has 5 heteroatoms. The lowest BCUT2D eigenvalue weighted by Gasteiger charge is -2.18. The Morgan fingerprint density at radius 3 is 2.20 bits per heavy atom. The molecule has 0 aliphatic rings. The Balaban J connectivity index is 2.36. The van der Waals surface area contributed by atoms with Crippen molar-refractivity contribution in [1.29, 1.82) is 0 Å². The maximum absolute atomic E-state index is 13.1. The fourth-order valence-corrected chi connectivity index (χ4v) is 1.83. The molecular weight excluding hydrogens is 267 g/mol. The molecule has 1 amide bonds. The molecule has 2 aromatic carbocycles. The second-order valence-corrected chi connectivity index (χ2v) is 4.46. The van der Waals surface area contributed by atoms with Crippen LogP contribution in [-0.4, -0.2) is 13.0 Å². The van der Waals surface area contributed by atoms with Crippen LogP contribution in [0.3, 0.4) is 0 Å². The van der Waals surface area contributed by atoms with Gasteiger partial charge in [-0.05, 0) is 36.8 Å². The van der Waals surface area contributed by atoms with Crippen LogP contribution >= 0.6 is 0 Å². The second kappa shape index (κ2) is 5.36. The Kier molecular flexibility index (Phi) is 3.79. The highest BCUT2D eigenvalue weighted by atomic mass is 19.2. The fourth-order valence-electron chi connectivity index (χ4n) is 1.83. The molecule has 0 aromatic heterocycles. The lowest BCUT2D eigenvalue weighted by molar-refractivity contribution is 0.0992. The van der Waals surface area contributed by atoms with Crippen LogP contribution in [0.5, 0.6) is 0 Å². The van der Waals surface area contributed by atoms with Gasteiger partial charge in [-0.25, -0.2) is 13.2 Å². The third kappa shape index (κ3) is 2.66. The molecule has 0 fully saturated rings. The average molecular weight is 279 g/mol. The monoisotopic (exact) mass is 279 g/mol. The third-order valence-corrected chi connectivity index (χ3v) is 2.92. The summed E-state index contributed by atoms with van der Waals surface area (Å²) in [6, 6.07) is 8.45. The number of halogens is 3. The van der Waals surface area contributed by atoms with Crippen LogP contribution in [0.2, 0.25) is 0 Å². The molecule has 0 saturated carbocycles. The number of anilines is 1. The zero-order chi connectivity index (χ0) is 14.9. The minimum absolute atomic E-state index is 0.245. The van der Waals surface area contributed by atoms with Crippen molar-refractivity contribution in [3.8, 4) is 0 Å². The van der Waals surface area contributed by atoms with E-state index < -0.39 is 23.4 Å². The van der Waals surface area contributed by atoms with Gasteiger partial charge in [-0.2, -0.15) is 0 Å². The average Bonchev–Trinajstić information content (AvgIpc) is 2.42. The van der Waals surface area contributed by atoms with Gasteiger partial charge in [-0.3, -0.25) is 4.79 Å². The summed E-state index contributed by atoms with van der Waals surface area (Å²) < 4.78 is 39.2. The molecule has 0 unspecified atom stereocenters. The largest absolute Gasteiger partial charge is 0.311 e. The van der Waals surface area contributed by atoms with Crippen LogP contribution in [0.1, 0.15) is 15.9 Å². The third-order valence-electron chi connectivity index (χ3n) is 2.92. The Morgan fingerprint density at radius 1 is 1.05 bits per heavy atom. The van der Waals surface area contributed by atoms with E-state index in [4.69, 9.17) is 0 Å². The molecule has 0 aliphatic carbocycles. The first kappa shape index (κ1) is 14.1. The molecule has 0 heterocycles. The molecule has 2 rings (SSSR count). The zero-order valence-electron chi connectivity index (χ0n) is 11.0. The first-order valence-corrected chi connectivity index (χ1v) is 5.89. The predicted molar refractivity (Wildman–Crippen MR) is 70.2 cm³/mol. The zero-order valence-corrected chi connectivity index (χ0v) is 11.0. The summed E-state index contributed by atoms with van der Waals surface area (Å²) in [5.74, 6) is -4.97. The number of rotatable bonds is 2. The van der Waals surface area contributed by atoms with E-state index in [1.807, 2.05) is 13.0 Å². The maximum Gasteiger partial charge on any atom is 0.258 e. The Morgan fingerprint density at radius 2 is 1.65 bits per heavy atom. The van der Waals surface area contributed by atoms with Crippen LogP contribution in [0.15, 0.2) is 36.4 Å². The Labute approximate surface area is 114 Å². The number of carbonyl (C=O) groups excluding carboxylic acids is 1. The SMILES string of the molecule is Cc1cccc(N(C)C(=O)c2cc(F)c(F)c(F)c2)c1. The van der Waals surface area contributed by atoms with Crippen molar-refractivity contribution < 1.29 is 18.0 Å². The van der Waals surface area contributed by atoms with Crippen LogP contribution in [0.4, 0.5) is 18.9 Å². The summed E-state index contributed by atoms with van der Waals surface area (Å²) in [7, 11) is 1.48. The van der Waals surface area contributed by atoms with Gasteiger partial charge in [0.25, 0.3) is 5.91 Å². The van der Waals surface area contributed by atoms with Crippen molar-refractivity contribution in [3.05, 3.63) is 65.0 Å². The number of aryl methyl sites for hydroxylation is 1. The second-order valence-electron chi connectivity index (χ2n) is 4.46. The molecular formula is C15H12F3NO. The summed E-state index contributed by atoms with van der Waals surface area (Å²) >= 11 is 0. The van der Waals surface area contributed by atoms with Crippen LogP contribution in [-0.2, 0) is 0 Å². The molecule has 0 spiro atoms. The van der Waals surface area contributed by atoms with Crippen molar-refractivity contribution in [1.82, 2.24) is 0 Å². The van der Waals surface area contributed by atoms with E-state index in [1.54, 1.807) is 18.2 Å². The highest BCUT2D eigenvalue weighted by Gasteiger charge is 2.18. The highest BCUT2D eigenvalue weighted by Crippen LogP contribution is 2.19. The first-order chi connectivity index (χ1) is 9.40. The van der Waals surface area contributed by atoms with E-state index in [0.717, 1.165) is 5.56 Å². The van der Waals surface area contributed by atoms with Gasteiger partial charge in [0.2, 0.25) is 0 Å². The number of benzene rings is 2.